The maximum Gasteiger partial charge on any atom is 0.137 e. The first-order valence-electron chi connectivity index (χ1n) is 5.49. The van der Waals surface area contributed by atoms with Crippen LogP contribution in [0.2, 0.25) is 0 Å². The fraction of sp³-hybridized carbons (Fsp3) is 0.500. The summed E-state index contributed by atoms with van der Waals surface area (Å²) >= 11 is 6.67. The molecule has 94 valence electrons. The molecule has 0 spiro atoms. The molecule has 0 aromatic heterocycles. The van der Waals surface area contributed by atoms with Crippen molar-refractivity contribution >= 4 is 31.9 Å². The summed E-state index contributed by atoms with van der Waals surface area (Å²) in [7, 11) is 0. The fourth-order valence-corrected chi connectivity index (χ4v) is 2.99. The molecule has 0 amide bonds. The molecular weight excluding hydrogens is 355 g/mol. The second kappa shape index (κ2) is 5.67. The lowest BCUT2D eigenvalue weighted by atomic mass is 9.91. The molecule has 0 saturated heterocycles. The van der Waals surface area contributed by atoms with Gasteiger partial charge in [-0.3, -0.25) is 0 Å². The minimum absolute atomic E-state index is 0.0386. The normalized spacial score (nSPS) is 27.6. The van der Waals surface area contributed by atoms with Crippen LogP contribution in [0.3, 0.4) is 0 Å². The zero-order valence-corrected chi connectivity index (χ0v) is 12.5. The van der Waals surface area contributed by atoms with E-state index in [1.807, 2.05) is 6.92 Å². The summed E-state index contributed by atoms with van der Waals surface area (Å²) in [5.74, 6) is 0.373. The van der Waals surface area contributed by atoms with Gasteiger partial charge < -0.3 is 9.47 Å². The lowest BCUT2D eigenvalue weighted by Crippen LogP contribution is -2.52. The van der Waals surface area contributed by atoms with Gasteiger partial charge in [-0.15, -0.1) is 0 Å². The minimum atomic E-state index is -0.286. The molecule has 0 heterocycles. The SMILES string of the molecule is CCOC1C(Br)CC1Oc1ccc(F)c(Br)c1. The molecule has 0 aliphatic heterocycles. The summed E-state index contributed by atoms with van der Waals surface area (Å²) in [4.78, 5) is 0.344. The van der Waals surface area contributed by atoms with Crippen LogP contribution in [0.5, 0.6) is 5.75 Å². The molecule has 3 unspecified atom stereocenters. The number of ether oxygens (including phenoxy) is 2. The number of benzene rings is 1. The summed E-state index contributed by atoms with van der Waals surface area (Å²) in [6.45, 7) is 2.63. The molecule has 1 saturated carbocycles. The molecule has 0 N–H and O–H groups in total. The van der Waals surface area contributed by atoms with Gasteiger partial charge in [-0.2, -0.15) is 0 Å². The Balaban J connectivity index is 1.99. The van der Waals surface area contributed by atoms with E-state index >= 15 is 0 Å². The van der Waals surface area contributed by atoms with Crippen LogP contribution in [0, 0.1) is 5.82 Å². The Hall–Kier alpha value is -0.130. The van der Waals surface area contributed by atoms with E-state index in [0.29, 0.717) is 21.7 Å². The van der Waals surface area contributed by atoms with Crippen LogP contribution in [0.25, 0.3) is 0 Å². The predicted molar refractivity (Wildman–Crippen MR) is 71.3 cm³/mol. The largest absolute Gasteiger partial charge is 0.488 e. The molecule has 3 atom stereocenters. The molecule has 17 heavy (non-hydrogen) atoms. The summed E-state index contributed by atoms with van der Waals surface area (Å²) in [6.07, 6.45) is 1.01. The highest BCUT2D eigenvalue weighted by Crippen LogP contribution is 2.34. The van der Waals surface area contributed by atoms with Crippen molar-refractivity contribution in [3.05, 3.63) is 28.5 Å². The first-order valence-corrected chi connectivity index (χ1v) is 7.20. The first kappa shape index (κ1) is 13.3. The van der Waals surface area contributed by atoms with E-state index in [2.05, 4.69) is 31.9 Å². The van der Waals surface area contributed by atoms with Crippen molar-refractivity contribution in [1.82, 2.24) is 0 Å². The molecule has 1 fully saturated rings. The van der Waals surface area contributed by atoms with Crippen molar-refractivity contribution in [2.24, 2.45) is 0 Å². The third-order valence-electron chi connectivity index (χ3n) is 2.72. The number of rotatable bonds is 4. The van der Waals surface area contributed by atoms with Crippen molar-refractivity contribution in [3.63, 3.8) is 0 Å². The fourth-order valence-electron chi connectivity index (χ4n) is 1.77. The van der Waals surface area contributed by atoms with Crippen molar-refractivity contribution in [2.45, 2.75) is 30.4 Å². The molecule has 2 nitrogen and oxygen atoms in total. The van der Waals surface area contributed by atoms with E-state index in [4.69, 9.17) is 9.47 Å². The van der Waals surface area contributed by atoms with Crippen molar-refractivity contribution in [1.29, 1.82) is 0 Å². The van der Waals surface area contributed by atoms with Gasteiger partial charge in [0, 0.05) is 17.9 Å². The zero-order chi connectivity index (χ0) is 12.4. The van der Waals surface area contributed by atoms with Crippen LogP contribution in [-0.4, -0.2) is 23.6 Å². The highest BCUT2D eigenvalue weighted by atomic mass is 79.9. The third kappa shape index (κ3) is 3.01. The van der Waals surface area contributed by atoms with Gasteiger partial charge in [-0.1, -0.05) is 15.9 Å². The Morgan fingerprint density at radius 1 is 1.47 bits per heavy atom. The van der Waals surface area contributed by atoms with E-state index in [1.54, 1.807) is 12.1 Å². The second-order valence-corrected chi connectivity index (χ2v) is 5.93. The smallest absolute Gasteiger partial charge is 0.137 e. The van der Waals surface area contributed by atoms with Crippen molar-refractivity contribution in [3.8, 4) is 5.75 Å². The van der Waals surface area contributed by atoms with E-state index in [1.165, 1.54) is 6.07 Å². The lowest BCUT2D eigenvalue weighted by Gasteiger charge is -2.40. The van der Waals surface area contributed by atoms with Gasteiger partial charge in [-0.25, -0.2) is 4.39 Å². The summed E-state index contributed by atoms with van der Waals surface area (Å²) in [6, 6.07) is 4.66. The van der Waals surface area contributed by atoms with Crippen LogP contribution < -0.4 is 4.74 Å². The topological polar surface area (TPSA) is 18.5 Å². The van der Waals surface area contributed by atoms with Crippen LogP contribution in [0.15, 0.2) is 22.7 Å². The van der Waals surface area contributed by atoms with Gasteiger partial charge in [0.1, 0.15) is 23.8 Å². The van der Waals surface area contributed by atoms with E-state index in [0.717, 1.165) is 6.42 Å². The number of halogens is 3. The molecule has 1 aliphatic rings. The predicted octanol–water partition coefficient (Wildman–Crippen LogP) is 3.91. The Bertz CT molecular complexity index is 400. The highest BCUT2D eigenvalue weighted by Gasteiger charge is 2.42. The van der Waals surface area contributed by atoms with Crippen LogP contribution in [0.4, 0.5) is 4.39 Å². The standard InChI is InChI=1S/C12H13Br2FO2/c1-2-16-12-9(14)6-11(12)17-7-3-4-10(15)8(13)5-7/h3-5,9,11-12H,2,6H2,1H3. The van der Waals surface area contributed by atoms with Crippen LogP contribution in [-0.2, 0) is 4.74 Å². The molecule has 1 aromatic carbocycles. The summed E-state index contributed by atoms with van der Waals surface area (Å²) in [5, 5.41) is 0. The first-order chi connectivity index (χ1) is 8.11. The van der Waals surface area contributed by atoms with Crippen molar-refractivity contribution in [2.75, 3.05) is 6.61 Å². The van der Waals surface area contributed by atoms with E-state index in [-0.39, 0.29) is 18.0 Å². The monoisotopic (exact) mass is 366 g/mol. The van der Waals surface area contributed by atoms with Gasteiger partial charge in [0.2, 0.25) is 0 Å². The lowest BCUT2D eigenvalue weighted by molar-refractivity contribution is -0.0723. The maximum atomic E-state index is 13.1. The van der Waals surface area contributed by atoms with Crippen molar-refractivity contribution < 1.29 is 13.9 Å². The van der Waals surface area contributed by atoms with Gasteiger partial charge in [0.25, 0.3) is 0 Å². The molecule has 0 bridgehead atoms. The Labute approximate surface area is 117 Å². The second-order valence-electron chi connectivity index (χ2n) is 3.90. The molecule has 5 heteroatoms. The molecule has 1 aliphatic carbocycles. The minimum Gasteiger partial charge on any atom is -0.488 e. The molecular formula is C12H13Br2FO2. The van der Waals surface area contributed by atoms with Gasteiger partial charge in [-0.05, 0) is 41.1 Å². The summed E-state index contributed by atoms with van der Waals surface area (Å²) < 4.78 is 24.8. The molecule has 1 aromatic rings. The average molecular weight is 368 g/mol. The molecule has 0 radical (unpaired) electrons. The third-order valence-corrected chi connectivity index (χ3v) is 4.22. The Kier molecular flexibility index (Phi) is 4.44. The van der Waals surface area contributed by atoms with Gasteiger partial charge in [0.05, 0.1) is 4.47 Å². The zero-order valence-electron chi connectivity index (χ0n) is 9.33. The van der Waals surface area contributed by atoms with Gasteiger partial charge in [0.15, 0.2) is 0 Å². The summed E-state index contributed by atoms with van der Waals surface area (Å²) in [5.41, 5.74) is 0. The van der Waals surface area contributed by atoms with E-state index in [9.17, 15) is 4.39 Å². The van der Waals surface area contributed by atoms with Crippen LogP contribution in [0.1, 0.15) is 13.3 Å². The number of hydrogen-bond donors (Lipinski definition) is 0. The molecule has 2 rings (SSSR count). The highest BCUT2D eigenvalue weighted by molar-refractivity contribution is 9.10. The Morgan fingerprint density at radius 2 is 2.24 bits per heavy atom. The van der Waals surface area contributed by atoms with Gasteiger partial charge >= 0.3 is 0 Å². The quantitative estimate of drug-likeness (QED) is 0.751. The number of hydrogen-bond acceptors (Lipinski definition) is 2. The van der Waals surface area contributed by atoms with E-state index < -0.39 is 0 Å². The average Bonchev–Trinajstić information content (AvgIpc) is 2.30. The number of alkyl halides is 1. The maximum absolute atomic E-state index is 13.1. The van der Waals surface area contributed by atoms with Crippen LogP contribution >= 0.6 is 31.9 Å². The Morgan fingerprint density at radius 3 is 2.82 bits per heavy atom.